The molecule has 5 heterocycles. The number of carbonyl (C=O) groups is 1. The van der Waals surface area contributed by atoms with Crippen LogP contribution in [0.5, 0.6) is 6.01 Å². The number of amides is 1. The minimum atomic E-state index is -1.78. The van der Waals surface area contributed by atoms with E-state index in [9.17, 15) is 4.79 Å². The summed E-state index contributed by atoms with van der Waals surface area (Å²) >= 11 is 0. The molecule has 0 bridgehead atoms. The van der Waals surface area contributed by atoms with Crippen LogP contribution in [0, 0.1) is 0 Å². The molecule has 0 aliphatic carbocycles. The first-order valence-electron chi connectivity index (χ1n) is 11.7. The summed E-state index contributed by atoms with van der Waals surface area (Å²) < 4.78 is 28.6. The predicted molar refractivity (Wildman–Crippen MR) is 121 cm³/mol. The number of ether oxygens (including phenoxy) is 1. The van der Waals surface area contributed by atoms with E-state index >= 15 is 4.39 Å². The zero-order chi connectivity index (χ0) is 22.8. The number of alkyl halides is 1. The molecule has 3 aromatic heterocycles. The van der Waals surface area contributed by atoms with Gasteiger partial charge in [-0.15, -0.1) is 0 Å². The number of halogens is 1. The smallest absolute Gasteiger partial charge is 0.298 e. The molecule has 0 aromatic carbocycles. The van der Waals surface area contributed by atoms with Crippen LogP contribution < -0.4 is 4.74 Å². The van der Waals surface area contributed by atoms with Gasteiger partial charge in [0, 0.05) is 63.4 Å². The first-order valence-corrected chi connectivity index (χ1v) is 11.7. The maximum atomic E-state index is 15.7. The molecule has 2 aliphatic heterocycles. The molecule has 0 unspecified atom stereocenters. The van der Waals surface area contributed by atoms with Gasteiger partial charge in [-0.1, -0.05) is 0 Å². The van der Waals surface area contributed by atoms with E-state index < -0.39 is 5.67 Å². The Morgan fingerprint density at radius 1 is 1.24 bits per heavy atom. The van der Waals surface area contributed by atoms with E-state index in [4.69, 9.17) is 9.15 Å². The van der Waals surface area contributed by atoms with Crippen molar-refractivity contribution in [2.75, 3.05) is 32.8 Å². The molecular weight excluding hydrogens is 425 g/mol. The van der Waals surface area contributed by atoms with Crippen molar-refractivity contribution in [1.82, 2.24) is 24.3 Å². The van der Waals surface area contributed by atoms with E-state index in [2.05, 4.69) is 14.9 Å². The van der Waals surface area contributed by atoms with Gasteiger partial charge in [-0.25, -0.2) is 9.37 Å². The lowest BCUT2D eigenvalue weighted by atomic mass is 9.90. The van der Waals surface area contributed by atoms with E-state index in [1.54, 1.807) is 23.6 Å². The van der Waals surface area contributed by atoms with Crippen LogP contribution in [0.15, 0.2) is 41.3 Å². The van der Waals surface area contributed by atoms with Crippen LogP contribution in [-0.2, 0) is 11.3 Å². The summed E-state index contributed by atoms with van der Waals surface area (Å²) in [5.41, 5.74) is 0.879. The summed E-state index contributed by atoms with van der Waals surface area (Å²) in [5, 5.41) is 0. The van der Waals surface area contributed by atoms with E-state index in [0.717, 1.165) is 36.1 Å². The second-order valence-electron chi connectivity index (χ2n) is 8.94. The standard InChI is InChI=1S/C24H30FN5O3/c1-2-33-23-27-20-4-3-10-26-21(20)30(23)19-5-11-29(12-6-19)22(31)24(25)8-13-28(14-9-24)16-18-7-15-32-17-18/h3-4,7,10,15,17,19H,2,5-6,8-9,11-14,16H2,1H3. The van der Waals surface area contributed by atoms with E-state index in [0.29, 0.717) is 38.8 Å². The van der Waals surface area contributed by atoms with Gasteiger partial charge in [0.05, 0.1) is 19.1 Å². The number of rotatable bonds is 6. The van der Waals surface area contributed by atoms with Gasteiger partial charge in [0.15, 0.2) is 11.3 Å². The van der Waals surface area contributed by atoms with Crippen molar-refractivity contribution in [1.29, 1.82) is 0 Å². The Morgan fingerprint density at radius 3 is 2.73 bits per heavy atom. The van der Waals surface area contributed by atoms with Crippen molar-refractivity contribution < 1.29 is 18.3 Å². The Morgan fingerprint density at radius 2 is 2.03 bits per heavy atom. The van der Waals surface area contributed by atoms with Crippen molar-refractivity contribution in [3.63, 3.8) is 0 Å². The van der Waals surface area contributed by atoms with E-state index in [1.807, 2.05) is 29.7 Å². The Bertz CT molecular complexity index is 1080. The number of aromatic nitrogens is 3. The summed E-state index contributed by atoms with van der Waals surface area (Å²) in [7, 11) is 0. The van der Waals surface area contributed by atoms with Crippen LogP contribution in [0.25, 0.3) is 11.2 Å². The normalized spacial score (nSPS) is 19.8. The quantitative estimate of drug-likeness (QED) is 0.565. The Labute approximate surface area is 192 Å². The molecule has 33 heavy (non-hydrogen) atoms. The van der Waals surface area contributed by atoms with Gasteiger partial charge < -0.3 is 14.1 Å². The van der Waals surface area contributed by atoms with Crippen LogP contribution in [-0.4, -0.2) is 68.7 Å². The minimum absolute atomic E-state index is 0.114. The molecule has 8 nitrogen and oxygen atoms in total. The number of imidazole rings is 1. The number of fused-ring (bicyclic) bond motifs is 1. The SMILES string of the molecule is CCOc1nc2cccnc2n1C1CCN(C(=O)C2(F)CCN(Cc3ccoc3)CC2)CC1. The number of pyridine rings is 1. The van der Waals surface area contributed by atoms with Crippen molar-refractivity contribution >= 4 is 17.1 Å². The highest BCUT2D eigenvalue weighted by Crippen LogP contribution is 2.34. The molecule has 2 fully saturated rings. The monoisotopic (exact) mass is 455 g/mol. The highest BCUT2D eigenvalue weighted by atomic mass is 19.1. The first kappa shape index (κ1) is 21.9. The van der Waals surface area contributed by atoms with Gasteiger partial charge in [0.1, 0.15) is 5.52 Å². The molecule has 0 radical (unpaired) electrons. The van der Waals surface area contributed by atoms with Gasteiger partial charge in [-0.2, -0.15) is 4.98 Å². The molecule has 1 amide bonds. The predicted octanol–water partition coefficient (Wildman–Crippen LogP) is 3.59. The molecule has 9 heteroatoms. The third kappa shape index (κ3) is 4.34. The Hall–Kier alpha value is -2.94. The van der Waals surface area contributed by atoms with E-state index in [1.165, 1.54) is 0 Å². The van der Waals surface area contributed by atoms with Gasteiger partial charge in [0.2, 0.25) is 0 Å². The molecule has 5 rings (SSSR count). The summed E-state index contributed by atoms with van der Waals surface area (Å²) in [4.78, 5) is 26.1. The lowest BCUT2D eigenvalue weighted by Crippen LogP contribution is -2.53. The number of furan rings is 1. The van der Waals surface area contributed by atoms with Crippen LogP contribution >= 0.6 is 0 Å². The average molecular weight is 456 g/mol. The number of likely N-dealkylation sites (tertiary alicyclic amines) is 2. The molecule has 0 spiro atoms. The zero-order valence-electron chi connectivity index (χ0n) is 19.0. The molecule has 0 saturated carbocycles. The van der Waals surface area contributed by atoms with Crippen LogP contribution in [0.1, 0.15) is 44.2 Å². The van der Waals surface area contributed by atoms with Gasteiger partial charge in [-0.3, -0.25) is 14.3 Å². The number of hydrogen-bond donors (Lipinski definition) is 0. The highest BCUT2D eigenvalue weighted by molar-refractivity contribution is 5.85. The third-order valence-electron chi connectivity index (χ3n) is 6.82. The average Bonchev–Trinajstić information content (AvgIpc) is 3.48. The largest absolute Gasteiger partial charge is 0.472 e. The van der Waals surface area contributed by atoms with Crippen LogP contribution in [0.4, 0.5) is 4.39 Å². The Balaban J connectivity index is 1.21. The molecular formula is C24H30FN5O3. The summed E-state index contributed by atoms with van der Waals surface area (Å²) in [6, 6.07) is 6.37. The van der Waals surface area contributed by atoms with Crippen molar-refractivity contribution in [2.24, 2.45) is 0 Å². The lowest BCUT2D eigenvalue weighted by molar-refractivity contribution is -0.148. The van der Waals surface area contributed by atoms with E-state index in [-0.39, 0.29) is 24.8 Å². The second kappa shape index (κ2) is 9.13. The summed E-state index contributed by atoms with van der Waals surface area (Å²) in [5.74, 6) is -0.359. The second-order valence-corrected chi connectivity index (χ2v) is 8.94. The fraction of sp³-hybridized carbons (Fsp3) is 0.542. The molecule has 2 aliphatic rings. The maximum Gasteiger partial charge on any atom is 0.298 e. The summed E-state index contributed by atoms with van der Waals surface area (Å²) in [6.45, 7) is 5.34. The molecule has 2 saturated heterocycles. The van der Waals surface area contributed by atoms with Gasteiger partial charge in [0.25, 0.3) is 11.9 Å². The fourth-order valence-electron chi connectivity index (χ4n) is 5.00. The lowest BCUT2D eigenvalue weighted by Gasteiger charge is -2.40. The summed E-state index contributed by atoms with van der Waals surface area (Å²) in [6.07, 6.45) is 7.00. The van der Waals surface area contributed by atoms with Crippen LogP contribution in [0.2, 0.25) is 0 Å². The minimum Gasteiger partial charge on any atom is -0.472 e. The van der Waals surface area contributed by atoms with Crippen molar-refractivity contribution in [3.8, 4) is 6.01 Å². The molecule has 176 valence electrons. The first-order chi connectivity index (χ1) is 16.1. The molecule has 0 N–H and O–H groups in total. The number of hydrogen-bond acceptors (Lipinski definition) is 6. The molecule has 3 aromatic rings. The number of nitrogens with zero attached hydrogens (tertiary/aromatic N) is 5. The van der Waals surface area contributed by atoms with Crippen LogP contribution in [0.3, 0.4) is 0 Å². The third-order valence-corrected chi connectivity index (χ3v) is 6.82. The Kier molecular flexibility index (Phi) is 6.05. The van der Waals surface area contributed by atoms with Gasteiger partial charge >= 0.3 is 0 Å². The molecule has 0 atom stereocenters. The van der Waals surface area contributed by atoms with Crippen molar-refractivity contribution in [3.05, 3.63) is 42.5 Å². The highest BCUT2D eigenvalue weighted by Gasteiger charge is 2.45. The number of piperidine rings is 2. The zero-order valence-corrected chi connectivity index (χ0v) is 19.0. The van der Waals surface area contributed by atoms with Crippen molar-refractivity contribution in [2.45, 2.75) is 50.9 Å². The fourth-order valence-corrected chi connectivity index (χ4v) is 5.00. The number of carbonyl (C=O) groups excluding carboxylic acids is 1. The topological polar surface area (TPSA) is 76.6 Å². The maximum absolute atomic E-state index is 15.7. The van der Waals surface area contributed by atoms with Gasteiger partial charge in [-0.05, 0) is 38.0 Å².